The van der Waals surface area contributed by atoms with Crippen molar-refractivity contribution < 1.29 is 13.9 Å². The highest BCUT2D eigenvalue weighted by atomic mass is 32.2. The minimum Gasteiger partial charge on any atom is -0.496 e. The van der Waals surface area contributed by atoms with E-state index in [1.165, 1.54) is 0 Å². The summed E-state index contributed by atoms with van der Waals surface area (Å²) in [4.78, 5) is 13.3. The number of hydrogen-bond acceptors (Lipinski definition) is 6. The van der Waals surface area contributed by atoms with E-state index in [-0.39, 0.29) is 17.8 Å². The van der Waals surface area contributed by atoms with Gasteiger partial charge in [0.1, 0.15) is 5.75 Å². The summed E-state index contributed by atoms with van der Waals surface area (Å²) < 4.78 is 10.8. The first-order valence-electron chi connectivity index (χ1n) is 7.13. The fraction of sp³-hybridized carbons (Fsp3) is 0.118. The van der Waals surface area contributed by atoms with E-state index < -0.39 is 0 Å². The second kappa shape index (κ2) is 7.18. The van der Waals surface area contributed by atoms with Gasteiger partial charge >= 0.3 is 6.01 Å². The van der Waals surface area contributed by atoms with Gasteiger partial charge in [-0.3, -0.25) is 10.1 Å². The molecule has 0 saturated heterocycles. The molecule has 0 spiro atoms. The Bertz CT molecular complexity index is 846. The van der Waals surface area contributed by atoms with Gasteiger partial charge in [-0.15, -0.1) is 16.9 Å². The van der Waals surface area contributed by atoms with Gasteiger partial charge in [-0.25, -0.2) is 0 Å². The van der Waals surface area contributed by atoms with Gasteiger partial charge in [0.25, 0.3) is 11.8 Å². The number of anilines is 1. The fourth-order valence-electron chi connectivity index (χ4n) is 2.12. The van der Waals surface area contributed by atoms with Crippen LogP contribution in [0.15, 0.2) is 57.8 Å². The molecule has 3 aromatic rings. The average molecular weight is 341 g/mol. The largest absolute Gasteiger partial charge is 0.496 e. The maximum atomic E-state index is 12.2. The van der Waals surface area contributed by atoms with Crippen molar-refractivity contribution in [2.45, 2.75) is 4.90 Å². The third kappa shape index (κ3) is 3.41. The molecule has 24 heavy (non-hydrogen) atoms. The van der Waals surface area contributed by atoms with Gasteiger partial charge in [-0.05, 0) is 42.7 Å². The molecule has 0 bridgehead atoms. The first kappa shape index (κ1) is 16.1. The Kier molecular flexibility index (Phi) is 4.81. The summed E-state index contributed by atoms with van der Waals surface area (Å²) in [5.41, 5.74) is 1.18. The number of carbonyl (C=O) groups is 1. The lowest BCUT2D eigenvalue weighted by Gasteiger charge is -2.03. The molecule has 0 fully saturated rings. The van der Waals surface area contributed by atoms with E-state index in [0.29, 0.717) is 16.9 Å². The van der Waals surface area contributed by atoms with Gasteiger partial charge < -0.3 is 9.15 Å². The average Bonchev–Trinajstić information content (AvgIpc) is 3.10. The molecule has 0 unspecified atom stereocenters. The maximum Gasteiger partial charge on any atom is 0.322 e. The van der Waals surface area contributed by atoms with Crippen LogP contribution in [0.25, 0.3) is 11.5 Å². The van der Waals surface area contributed by atoms with Gasteiger partial charge in [0.15, 0.2) is 0 Å². The molecule has 1 N–H and O–H groups in total. The van der Waals surface area contributed by atoms with Crippen LogP contribution in [0, 0.1) is 0 Å². The van der Waals surface area contributed by atoms with Gasteiger partial charge in [0.05, 0.1) is 12.7 Å². The minimum absolute atomic E-state index is 0.0369. The Morgan fingerprint density at radius 3 is 2.58 bits per heavy atom. The molecule has 0 atom stereocenters. The number of amides is 1. The quantitative estimate of drug-likeness (QED) is 0.713. The number of ether oxygens (including phenoxy) is 1. The Morgan fingerprint density at radius 2 is 1.88 bits per heavy atom. The summed E-state index contributed by atoms with van der Waals surface area (Å²) in [5, 5.41) is 10.4. The molecule has 6 nitrogen and oxygen atoms in total. The number of thioether (sulfide) groups is 1. The molecule has 2 aromatic carbocycles. The summed E-state index contributed by atoms with van der Waals surface area (Å²) in [6.45, 7) is 0. The number of para-hydroxylation sites is 1. The minimum atomic E-state index is -0.308. The Labute approximate surface area is 143 Å². The molecule has 7 heteroatoms. The van der Waals surface area contributed by atoms with E-state index in [0.717, 1.165) is 4.90 Å². The molecule has 0 aliphatic rings. The molecule has 1 amide bonds. The SMILES string of the molecule is COc1ccccc1-c1nnc(NC(=O)c2ccc(SC)cc2)o1. The summed E-state index contributed by atoms with van der Waals surface area (Å²) in [6, 6.07) is 14.6. The van der Waals surface area contributed by atoms with E-state index in [1.54, 1.807) is 43.1 Å². The van der Waals surface area contributed by atoms with Crippen molar-refractivity contribution >= 4 is 23.7 Å². The van der Waals surface area contributed by atoms with Gasteiger partial charge in [0, 0.05) is 10.5 Å². The van der Waals surface area contributed by atoms with Crippen LogP contribution >= 0.6 is 11.8 Å². The zero-order valence-corrected chi connectivity index (χ0v) is 14.0. The number of benzene rings is 2. The summed E-state index contributed by atoms with van der Waals surface area (Å²) in [6.07, 6.45) is 1.98. The molecule has 122 valence electrons. The number of rotatable bonds is 5. The number of nitrogens with one attached hydrogen (secondary N) is 1. The lowest BCUT2D eigenvalue weighted by molar-refractivity contribution is 0.102. The number of aromatic nitrogens is 2. The molecule has 3 rings (SSSR count). The number of hydrogen-bond donors (Lipinski definition) is 1. The maximum absolute atomic E-state index is 12.2. The summed E-state index contributed by atoms with van der Waals surface area (Å²) >= 11 is 1.61. The number of nitrogens with zero attached hydrogens (tertiary/aromatic N) is 2. The molecule has 0 aliphatic carbocycles. The van der Waals surface area contributed by atoms with Crippen LogP contribution in [-0.2, 0) is 0 Å². The van der Waals surface area contributed by atoms with Crippen LogP contribution in [-0.4, -0.2) is 29.5 Å². The van der Waals surface area contributed by atoms with Crippen molar-refractivity contribution in [1.29, 1.82) is 0 Å². The molecular formula is C17H15N3O3S. The third-order valence-electron chi connectivity index (χ3n) is 3.34. The van der Waals surface area contributed by atoms with E-state index in [1.807, 2.05) is 30.5 Å². The van der Waals surface area contributed by atoms with Crippen molar-refractivity contribution in [3.8, 4) is 17.2 Å². The predicted molar refractivity (Wildman–Crippen MR) is 92.5 cm³/mol. The Morgan fingerprint density at radius 1 is 1.12 bits per heavy atom. The number of methoxy groups -OCH3 is 1. The van der Waals surface area contributed by atoms with Crippen molar-refractivity contribution in [3.63, 3.8) is 0 Å². The van der Waals surface area contributed by atoms with Crippen LogP contribution < -0.4 is 10.1 Å². The van der Waals surface area contributed by atoms with Crippen LogP contribution in [0.1, 0.15) is 10.4 Å². The number of carbonyl (C=O) groups excluding carboxylic acids is 1. The Hall–Kier alpha value is -2.80. The van der Waals surface area contributed by atoms with Crippen molar-refractivity contribution in [1.82, 2.24) is 10.2 Å². The molecule has 0 saturated carbocycles. The second-order valence-electron chi connectivity index (χ2n) is 4.80. The first-order chi connectivity index (χ1) is 11.7. The highest BCUT2D eigenvalue weighted by Crippen LogP contribution is 2.29. The van der Waals surface area contributed by atoms with Crippen molar-refractivity contribution in [3.05, 3.63) is 54.1 Å². The zero-order chi connectivity index (χ0) is 16.9. The molecule has 0 aliphatic heterocycles. The fourth-order valence-corrected chi connectivity index (χ4v) is 2.52. The standard InChI is InChI=1S/C17H15N3O3S/c1-22-14-6-4-3-5-13(14)16-19-20-17(23-16)18-15(21)11-7-9-12(24-2)10-8-11/h3-10H,1-2H3,(H,18,20,21). The Balaban J connectivity index is 1.77. The van der Waals surface area contributed by atoms with E-state index in [9.17, 15) is 4.79 Å². The van der Waals surface area contributed by atoms with Gasteiger partial charge in [-0.2, -0.15) is 0 Å². The van der Waals surface area contributed by atoms with E-state index >= 15 is 0 Å². The third-order valence-corrected chi connectivity index (χ3v) is 4.08. The molecular weight excluding hydrogens is 326 g/mol. The van der Waals surface area contributed by atoms with E-state index in [4.69, 9.17) is 9.15 Å². The van der Waals surface area contributed by atoms with Crippen molar-refractivity contribution in [2.24, 2.45) is 0 Å². The highest BCUT2D eigenvalue weighted by molar-refractivity contribution is 7.98. The first-order valence-corrected chi connectivity index (χ1v) is 8.36. The summed E-state index contributed by atoms with van der Waals surface area (Å²) in [5.74, 6) is 0.588. The molecule has 0 radical (unpaired) electrons. The van der Waals surface area contributed by atoms with Gasteiger partial charge in [-0.1, -0.05) is 17.2 Å². The van der Waals surface area contributed by atoms with Crippen LogP contribution in [0.4, 0.5) is 6.01 Å². The predicted octanol–water partition coefficient (Wildman–Crippen LogP) is 3.72. The van der Waals surface area contributed by atoms with Crippen LogP contribution in [0.3, 0.4) is 0 Å². The second-order valence-corrected chi connectivity index (χ2v) is 5.67. The zero-order valence-electron chi connectivity index (χ0n) is 13.1. The van der Waals surface area contributed by atoms with Gasteiger partial charge in [0.2, 0.25) is 0 Å². The van der Waals surface area contributed by atoms with Crippen molar-refractivity contribution in [2.75, 3.05) is 18.7 Å². The topological polar surface area (TPSA) is 77.3 Å². The van der Waals surface area contributed by atoms with E-state index in [2.05, 4.69) is 15.5 Å². The summed E-state index contributed by atoms with van der Waals surface area (Å²) in [7, 11) is 1.57. The molecule has 1 aromatic heterocycles. The van der Waals surface area contributed by atoms with Crippen LogP contribution in [0.5, 0.6) is 5.75 Å². The normalized spacial score (nSPS) is 10.4. The lowest BCUT2D eigenvalue weighted by Crippen LogP contribution is -2.11. The highest BCUT2D eigenvalue weighted by Gasteiger charge is 2.15. The monoisotopic (exact) mass is 341 g/mol. The lowest BCUT2D eigenvalue weighted by atomic mass is 10.2. The van der Waals surface area contributed by atoms with Crippen LogP contribution in [0.2, 0.25) is 0 Å². The smallest absolute Gasteiger partial charge is 0.322 e. The molecule has 1 heterocycles.